The molecule has 0 aromatic carbocycles. The first-order chi connectivity index (χ1) is 6.25. The van der Waals surface area contributed by atoms with Gasteiger partial charge in [0, 0.05) is 0 Å². The van der Waals surface area contributed by atoms with Crippen molar-refractivity contribution in [1.82, 2.24) is 0 Å². The van der Waals surface area contributed by atoms with E-state index in [1.165, 1.54) is 0 Å². The number of hydrogen-bond acceptors (Lipinski definition) is 2. The van der Waals surface area contributed by atoms with Gasteiger partial charge in [0.25, 0.3) is 0 Å². The van der Waals surface area contributed by atoms with Crippen molar-refractivity contribution >= 4 is 0 Å². The van der Waals surface area contributed by atoms with E-state index in [0.717, 1.165) is 0 Å². The summed E-state index contributed by atoms with van der Waals surface area (Å²) in [5.41, 5.74) is -0.659. The van der Waals surface area contributed by atoms with Crippen LogP contribution in [-0.4, -0.2) is 11.2 Å². The molecule has 0 bridgehead atoms. The molecule has 0 saturated heterocycles. The van der Waals surface area contributed by atoms with E-state index in [-0.39, 0.29) is 5.41 Å². The van der Waals surface area contributed by atoms with Crippen LogP contribution < -0.4 is 0 Å². The van der Waals surface area contributed by atoms with Crippen molar-refractivity contribution in [2.24, 2.45) is 10.8 Å². The SMILES string of the molecule is C=CC[C@@](C)(C#N)C[C@H](O)C(C)(C)C. The van der Waals surface area contributed by atoms with E-state index in [2.05, 4.69) is 12.6 Å². The molecule has 0 fully saturated rings. The summed E-state index contributed by atoms with van der Waals surface area (Å²) in [6.45, 7) is 11.4. The Morgan fingerprint density at radius 2 is 1.93 bits per heavy atom. The number of allylic oxidation sites excluding steroid dienone is 1. The average Bonchev–Trinajstić information content (AvgIpc) is 2.03. The van der Waals surface area contributed by atoms with E-state index in [1.54, 1.807) is 6.08 Å². The van der Waals surface area contributed by atoms with Gasteiger partial charge in [0.1, 0.15) is 0 Å². The number of aliphatic hydroxyl groups excluding tert-OH is 1. The van der Waals surface area contributed by atoms with Crippen LogP contribution in [0.15, 0.2) is 12.7 Å². The van der Waals surface area contributed by atoms with Crippen LogP contribution in [0.5, 0.6) is 0 Å². The lowest BCUT2D eigenvalue weighted by Gasteiger charge is -2.31. The predicted molar refractivity (Wildman–Crippen MR) is 58.6 cm³/mol. The van der Waals surface area contributed by atoms with E-state index in [9.17, 15) is 5.11 Å². The Balaban J connectivity index is 4.48. The molecule has 0 aromatic heterocycles. The van der Waals surface area contributed by atoms with Crippen molar-refractivity contribution in [2.45, 2.75) is 46.6 Å². The summed E-state index contributed by atoms with van der Waals surface area (Å²) in [7, 11) is 0. The Kier molecular flexibility index (Phi) is 4.35. The normalized spacial score (nSPS) is 18.0. The van der Waals surface area contributed by atoms with E-state index in [1.807, 2.05) is 27.7 Å². The highest BCUT2D eigenvalue weighted by Crippen LogP contribution is 2.33. The van der Waals surface area contributed by atoms with Gasteiger partial charge >= 0.3 is 0 Å². The Morgan fingerprint density at radius 1 is 1.43 bits per heavy atom. The lowest BCUT2D eigenvalue weighted by molar-refractivity contribution is 0.0325. The fourth-order valence-electron chi connectivity index (χ4n) is 1.23. The summed E-state index contributed by atoms with van der Waals surface area (Å²) in [4.78, 5) is 0. The van der Waals surface area contributed by atoms with Crippen LogP contribution in [0.4, 0.5) is 0 Å². The van der Waals surface area contributed by atoms with Gasteiger partial charge in [-0.1, -0.05) is 26.8 Å². The number of rotatable bonds is 4. The maximum absolute atomic E-state index is 9.89. The molecule has 0 aliphatic heterocycles. The quantitative estimate of drug-likeness (QED) is 0.701. The molecular weight excluding hydrogens is 174 g/mol. The van der Waals surface area contributed by atoms with E-state index < -0.39 is 11.5 Å². The second-order valence-electron chi connectivity index (χ2n) is 5.25. The molecule has 0 radical (unpaired) electrons. The monoisotopic (exact) mass is 195 g/mol. The van der Waals surface area contributed by atoms with Crippen LogP contribution in [0.25, 0.3) is 0 Å². The molecule has 2 heteroatoms. The third kappa shape index (κ3) is 3.93. The van der Waals surface area contributed by atoms with Crippen LogP contribution in [-0.2, 0) is 0 Å². The van der Waals surface area contributed by atoms with Crippen molar-refractivity contribution in [3.63, 3.8) is 0 Å². The topological polar surface area (TPSA) is 44.0 Å². The highest BCUT2D eigenvalue weighted by molar-refractivity contribution is 5.01. The molecule has 1 N–H and O–H groups in total. The second kappa shape index (κ2) is 4.61. The number of aliphatic hydroxyl groups is 1. The molecule has 80 valence electrons. The fraction of sp³-hybridized carbons (Fsp3) is 0.750. The van der Waals surface area contributed by atoms with Crippen LogP contribution in [0.3, 0.4) is 0 Å². The summed E-state index contributed by atoms with van der Waals surface area (Å²) in [5.74, 6) is 0. The van der Waals surface area contributed by atoms with Crippen molar-refractivity contribution in [1.29, 1.82) is 5.26 Å². The molecular formula is C12H21NO. The lowest BCUT2D eigenvalue weighted by atomic mass is 9.76. The molecule has 0 unspecified atom stereocenters. The highest BCUT2D eigenvalue weighted by Gasteiger charge is 2.31. The van der Waals surface area contributed by atoms with Crippen molar-refractivity contribution in [3.05, 3.63) is 12.7 Å². The predicted octanol–water partition coefficient (Wildman–Crippen LogP) is 2.89. The van der Waals surface area contributed by atoms with Crippen molar-refractivity contribution in [3.8, 4) is 6.07 Å². The third-order valence-corrected chi connectivity index (χ3v) is 2.51. The molecule has 0 spiro atoms. The van der Waals surface area contributed by atoms with Gasteiger partial charge in [0.15, 0.2) is 0 Å². The van der Waals surface area contributed by atoms with Crippen LogP contribution in [0, 0.1) is 22.2 Å². The summed E-state index contributed by atoms with van der Waals surface area (Å²) in [6, 6.07) is 2.25. The van der Waals surface area contributed by atoms with Gasteiger partial charge in [0.05, 0.1) is 17.6 Å². The molecule has 14 heavy (non-hydrogen) atoms. The highest BCUT2D eigenvalue weighted by atomic mass is 16.3. The Morgan fingerprint density at radius 3 is 2.21 bits per heavy atom. The molecule has 0 heterocycles. The first-order valence-electron chi connectivity index (χ1n) is 4.95. The third-order valence-electron chi connectivity index (χ3n) is 2.51. The van der Waals surface area contributed by atoms with Gasteiger partial charge < -0.3 is 5.11 Å². The standard InChI is InChI=1S/C12H21NO/c1-6-7-12(5,9-13)8-10(14)11(2,3)4/h6,10,14H,1,7-8H2,2-5H3/t10-,12+/m0/s1. The Bertz CT molecular complexity index is 234. The summed E-state index contributed by atoms with van der Waals surface area (Å²) in [5, 5.41) is 18.9. The average molecular weight is 195 g/mol. The maximum Gasteiger partial charge on any atom is 0.0691 e. The van der Waals surface area contributed by atoms with Gasteiger partial charge in [-0.15, -0.1) is 6.58 Å². The van der Waals surface area contributed by atoms with Gasteiger partial charge in [-0.3, -0.25) is 0 Å². The second-order valence-corrected chi connectivity index (χ2v) is 5.25. The molecule has 2 atom stereocenters. The molecule has 0 amide bonds. The van der Waals surface area contributed by atoms with E-state index in [4.69, 9.17) is 5.26 Å². The molecule has 0 saturated carbocycles. The van der Waals surface area contributed by atoms with Gasteiger partial charge in [-0.2, -0.15) is 5.26 Å². The van der Waals surface area contributed by atoms with Crippen molar-refractivity contribution < 1.29 is 5.11 Å². The Hall–Kier alpha value is -0.810. The van der Waals surface area contributed by atoms with Gasteiger partial charge in [-0.05, 0) is 25.2 Å². The van der Waals surface area contributed by atoms with E-state index in [0.29, 0.717) is 12.8 Å². The zero-order chi connectivity index (χ0) is 11.4. The number of nitrogens with zero attached hydrogens (tertiary/aromatic N) is 1. The molecule has 0 aliphatic rings. The fourth-order valence-corrected chi connectivity index (χ4v) is 1.23. The first-order valence-corrected chi connectivity index (χ1v) is 4.95. The zero-order valence-corrected chi connectivity index (χ0v) is 9.67. The summed E-state index contributed by atoms with van der Waals surface area (Å²) < 4.78 is 0. The van der Waals surface area contributed by atoms with Crippen LogP contribution in [0.1, 0.15) is 40.5 Å². The minimum Gasteiger partial charge on any atom is -0.393 e. The number of hydrogen-bond donors (Lipinski definition) is 1. The molecule has 0 aromatic rings. The minimum absolute atomic E-state index is 0.167. The maximum atomic E-state index is 9.89. The largest absolute Gasteiger partial charge is 0.393 e. The minimum atomic E-state index is -0.492. The summed E-state index contributed by atoms with van der Waals surface area (Å²) >= 11 is 0. The summed E-state index contributed by atoms with van der Waals surface area (Å²) in [6.07, 6.45) is 2.40. The molecule has 0 rings (SSSR count). The van der Waals surface area contributed by atoms with Gasteiger partial charge in [0.2, 0.25) is 0 Å². The zero-order valence-electron chi connectivity index (χ0n) is 9.67. The smallest absolute Gasteiger partial charge is 0.0691 e. The van der Waals surface area contributed by atoms with Gasteiger partial charge in [-0.25, -0.2) is 0 Å². The first kappa shape index (κ1) is 13.2. The van der Waals surface area contributed by atoms with E-state index >= 15 is 0 Å². The molecule has 0 aliphatic carbocycles. The van der Waals surface area contributed by atoms with Crippen LogP contribution >= 0.6 is 0 Å². The Labute approximate surface area is 87.3 Å². The van der Waals surface area contributed by atoms with Crippen molar-refractivity contribution in [2.75, 3.05) is 0 Å². The number of nitriles is 1. The van der Waals surface area contributed by atoms with Crippen LogP contribution in [0.2, 0.25) is 0 Å². The lowest BCUT2D eigenvalue weighted by Crippen LogP contribution is -2.32. The molecule has 2 nitrogen and oxygen atoms in total.